The highest BCUT2D eigenvalue weighted by atomic mass is 79.9. The van der Waals surface area contributed by atoms with E-state index in [-0.39, 0.29) is 30.6 Å². The predicted octanol–water partition coefficient (Wildman–Crippen LogP) is 3.33. The van der Waals surface area contributed by atoms with Crippen LogP contribution in [0.3, 0.4) is 0 Å². The third-order valence-corrected chi connectivity index (χ3v) is 3.99. The van der Waals surface area contributed by atoms with Gasteiger partial charge in [-0.15, -0.1) is 0 Å². The lowest BCUT2D eigenvalue weighted by Crippen LogP contribution is -2.34. The number of benzene rings is 1. The van der Waals surface area contributed by atoms with Gasteiger partial charge in [-0.25, -0.2) is 0 Å². The number of carbonyl (C=O) groups excluding carboxylic acids is 2. The molecule has 0 aromatic heterocycles. The minimum absolute atomic E-state index is 0.0155. The number of hydrogen-bond acceptors (Lipinski definition) is 2. The van der Waals surface area contributed by atoms with Gasteiger partial charge in [-0.05, 0) is 37.8 Å². The van der Waals surface area contributed by atoms with Gasteiger partial charge in [-0.2, -0.15) is 0 Å². The summed E-state index contributed by atoms with van der Waals surface area (Å²) in [5.41, 5.74) is 0.659. The lowest BCUT2D eigenvalue weighted by Gasteiger charge is -2.12. The molecule has 0 bridgehead atoms. The van der Waals surface area contributed by atoms with Gasteiger partial charge in [0, 0.05) is 28.9 Å². The Morgan fingerprint density at radius 3 is 2.47 bits per heavy atom. The molecule has 1 fully saturated rings. The molecule has 19 heavy (non-hydrogen) atoms. The van der Waals surface area contributed by atoms with Crippen LogP contribution in [0.25, 0.3) is 0 Å². The maximum atomic E-state index is 11.9. The van der Waals surface area contributed by atoms with E-state index in [4.69, 9.17) is 0 Å². The van der Waals surface area contributed by atoms with Crippen LogP contribution in [0.5, 0.6) is 0 Å². The molecule has 1 saturated carbocycles. The summed E-state index contributed by atoms with van der Waals surface area (Å²) in [5.74, 6) is 0.637. The van der Waals surface area contributed by atoms with E-state index in [1.54, 1.807) is 12.1 Å². The summed E-state index contributed by atoms with van der Waals surface area (Å²) >= 11 is 3.33. The highest BCUT2D eigenvalue weighted by molar-refractivity contribution is 9.10. The van der Waals surface area contributed by atoms with Gasteiger partial charge in [-0.1, -0.05) is 28.1 Å². The number of amides is 1. The van der Waals surface area contributed by atoms with Crippen molar-refractivity contribution in [3.63, 3.8) is 0 Å². The van der Waals surface area contributed by atoms with E-state index in [0.29, 0.717) is 11.5 Å². The van der Waals surface area contributed by atoms with E-state index in [1.807, 2.05) is 19.1 Å². The summed E-state index contributed by atoms with van der Waals surface area (Å²) in [5, 5.41) is 2.96. The fourth-order valence-corrected chi connectivity index (χ4v) is 2.31. The summed E-state index contributed by atoms with van der Waals surface area (Å²) in [4.78, 5) is 23.6. The Morgan fingerprint density at radius 1 is 1.26 bits per heavy atom. The molecule has 1 atom stereocenters. The van der Waals surface area contributed by atoms with Gasteiger partial charge >= 0.3 is 0 Å². The molecule has 1 aliphatic rings. The number of hydrogen-bond donors (Lipinski definition) is 1. The fraction of sp³-hybridized carbons (Fsp3) is 0.467. The summed E-state index contributed by atoms with van der Waals surface area (Å²) in [6.45, 7) is 2.03. The average Bonchev–Trinajstić information content (AvgIpc) is 3.21. The van der Waals surface area contributed by atoms with Crippen molar-refractivity contribution in [1.29, 1.82) is 0 Å². The summed E-state index contributed by atoms with van der Waals surface area (Å²) in [7, 11) is 0. The van der Waals surface area contributed by atoms with Crippen LogP contribution in [-0.2, 0) is 4.79 Å². The molecule has 1 unspecified atom stereocenters. The molecule has 0 saturated heterocycles. The van der Waals surface area contributed by atoms with Crippen LogP contribution >= 0.6 is 15.9 Å². The first-order valence-electron chi connectivity index (χ1n) is 6.64. The first kappa shape index (κ1) is 14.3. The molecule has 0 aliphatic heterocycles. The number of ketones is 1. The standard InChI is InChI=1S/C15H18BrNO2/c1-10(11-2-3-11)17-15(19)9-8-14(18)12-4-6-13(16)7-5-12/h4-7,10-11H,2-3,8-9H2,1H3,(H,17,19). The van der Waals surface area contributed by atoms with Crippen molar-refractivity contribution in [2.45, 2.75) is 38.6 Å². The van der Waals surface area contributed by atoms with Crippen molar-refractivity contribution in [1.82, 2.24) is 5.32 Å². The zero-order valence-corrected chi connectivity index (χ0v) is 12.6. The predicted molar refractivity (Wildman–Crippen MR) is 78.0 cm³/mol. The molecular formula is C15H18BrNO2. The Hall–Kier alpha value is -1.16. The molecule has 2 rings (SSSR count). The second kappa shape index (κ2) is 6.33. The Morgan fingerprint density at radius 2 is 1.89 bits per heavy atom. The molecule has 0 heterocycles. The van der Waals surface area contributed by atoms with Gasteiger partial charge in [0.2, 0.25) is 5.91 Å². The third kappa shape index (κ3) is 4.46. The molecule has 1 N–H and O–H groups in total. The first-order chi connectivity index (χ1) is 9.06. The second-order valence-corrected chi connectivity index (χ2v) is 6.04. The topological polar surface area (TPSA) is 46.2 Å². The number of halogens is 1. The van der Waals surface area contributed by atoms with Gasteiger partial charge in [0.05, 0.1) is 0 Å². The maximum absolute atomic E-state index is 11.9. The van der Waals surface area contributed by atoms with Crippen molar-refractivity contribution in [3.8, 4) is 0 Å². The monoisotopic (exact) mass is 323 g/mol. The van der Waals surface area contributed by atoms with Crippen molar-refractivity contribution in [3.05, 3.63) is 34.3 Å². The average molecular weight is 324 g/mol. The van der Waals surface area contributed by atoms with Crippen LogP contribution in [0.15, 0.2) is 28.7 Å². The number of rotatable bonds is 6. The van der Waals surface area contributed by atoms with E-state index < -0.39 is 0 Å². The maximum Gasteiger partial charge on any atom is 0.220 e. The Bertz CT molecular complexity index is 466. The zero-order valence-electron chi connectivity index (χ0n) is 11.0. The van der Waals surface area contributed by atoms with Crippen molar-refractivity contribution < 1.29 is 9.59 Å². The molecule has 1 aromatic carbocycles. The van der Waals surface area contributed by atoms with Gasteiger partial charge in [-0.3, -0.25) is 9.59 Å². The quantitative estimate of drug-likeness (QED) is 0.816. The molecule has 102 valence electrons. The Kier molecular flexibility index (Phi) is 4.75. The van der Waals surface area contributed by atoms with Crippen LogP contribution in [-0.4, -0.2) is 17.7 Å². The Balaban J connectivity index is 1.76. The van der Waals surface area contributed by atoms with Crippen molar-refractivity contribution in [2.24, 2.45) is 5.92 Å². The van der Waals surface area contributed by atoms with Crippen molar-refractivity contribution in [2.75, 3.05) is 0 Å². The number of nitrogens with one attached hydrogen (secondary N) is 1. The van der Waals surface area contributed by atoms with Gasteiger partial charge in [0.15, 0.2) is 5.78 Å². The lowest BCUT2D eigenvalue weighted by atomic mass is 10.1. The van der Waals surface area contributed by atoms with Crippen LogP contribution in [0.1, 0.15) is 43.0 Å². The first-order valence-corrected chi connectivity index (χ1v) is 7.43. The molecule has 4 heteroatoms. The largest absolute Gasteiger partial charge is 0.353 e. The zero-order chi connectivity index (χ0) is 13.8. The van der Waals surface area contributed by atoms with Crippen LogP contribution in [0, 0.1) is 5.92 Å². The highest BCUT2D eigenvalue weighted by Crippen LogP contribution is 2.32. The van der Waals surface area contributed by atoms with Crippen molar-refractivity contribution >= 4 is 27.6 Å². The smallest absolute Gasteiger partial charge is 0.220 e. The van der Waals surface area contributed by atoms with Crippen LogP contribution in [0.4, 0.5) is 0 Å². The molecule has 3 nitrogen and oxygen atoms in total. The highest BCUT2D eigenvalue weighted by Gasteiger charge is 2.28. The van der Waals surface area contributed by atoms with Gasteiger partial charge in [0.25, 0.3) is 0 Å². The minimum Gasteiger partial charge on any atom is -0.353 e. The molecule has 1 amide bonds. The number of Topliss-reactive ketones (excluding diaryl/α,β-unsaturated/α-hetero) is 1. The summed E-state index contributed by atoms with van der Waals surface area (Å²) in [6.07, 6.45) is 2.95. The molecule has 0 radical (unpaired) electrons. The number of carbonyl (C=O) groups is 2. The molecular weight excluding hydrogens is 306 g/mol. The SMILES string of the molecule is CC(NC(=O)CCC(=O)c1ccc(Br)cc1)C1CC1. The summed E-state index contributed by atoms with van der Waals surface area (Å²) in [6, 6.07) is 7.47. The van der Waals surface area contributed by atoms with E-state index in [2.05, 4.69) is 21.2 Å². The van der Waals surface area contributed by atoms with E-state index in [9.17, 15) is 9.59 Å². The second-order valence-electron chi connectivity index (χ2n) is 5.12. The minimum atomic E-state index is -0.0233. The van der Waals surface area contributed by atoms with Gasteiger partial charge < -0.3 is 5.32 Å². The normalized spacial score (nSPS) is 15.9. The van der Waals surface area contributed by atoms with Crippen LogP contribution < -0.4 is 5.32 Å². The molecule has 0 spiro atoms. The molecule has 1 aliphatic carbocycles. The summed E-state index contributed by atoms with van der Waals surface area (Å²) < 4.78 is 0.944. The van der Waals surface area contributed by atoms with E-state index in [1.165, 1.54) is 12.8 Å². The van der Waals surface area contributed by atoms with Gasteiger partial charge in [0.1, 0.15) is 0 Å². The van der Waals surface area contributed by atoms with E-state index >= 15 is 0 Å². The third-order valence-electron chi connectivity index (χ3n) is 3.46. The van der Waals surface area contributed by atoms with E-state index in [0.717, 1.165) is 4.47 Å². The van der Waals surface area contributed by atoms with Crippen LogP contribution in [0.2, 0.25) is 0 Å². The Labute approximate surface area is 121 Å². The molecule has 1 aromatic rings. The fourth-order valence-electron chi connectivity index (χ4n) is 2.05. The lowest BCUT2D eigenvalue weighted by molar-refractivity contribution is -0.121.